The van der Waals surface area contributed by atoms with Crippen molar-refractivity contribution in [1.29, 1.82) is 0 Å². The van der Waals surface area contributed by atoms with E-state index in [-0.39, 0.29) is 35.0 Å². The van der Waals surface area contributed by atoms with Gasteiger partial charge in [0.2, 0.25) is 0 Å². The second-order valence-electron chi connectivity index (χ2n) is 7.46. The van der Waals surface area contributed by atoms with Crippen molar-refractivity contribution in [1.82, 2.24) is 29.5 Å². The monoisotopic (exact) mass is 452 g/mol. The number of carbonyl (C=O) groups is 1. The Morgan fingerprint density at radius 3 is 2.79 bits per heavy atom. The lowest BCUT2D eigenvalue weighted by Crippen LogP contribution is -2.27. The van der Waals surface area contributed by atoms with Crippen LogP contribution in [0.1, 0.15) is 16.8 Å². The van der Waals surface area contributed by atoms with Gasteiger partial charge in [-0.15, -0.1) is 0 Å². The number of nitrogens with zero attached hydrogens (tertiary/aromatic N) is 5. The highest BCUT2D eigenvalue weighted by molar-refractivity contribution is 6.00. The van der Waals surface area contributed by atoms with Crippen molar-refractivity contribution < 1.29 is 13.6 Å². The van der Waals surface area contributed by atoms with Crippen LogP contribution in [-0.4, -0.2) is 49.3 Å². The number of anilines is 3. The second kappa shape index (κ2) is 7.97. The van der Waals surface area contributed by atoms with Crippen LogP contribution in [0.15, 0.2) is 53.7 Å². The Hall–Kier alpha value is -4.35. The SMILES string of the molecule is CNc1cc(Nc2cc(F)cn(-c3ccccn3)c2=O)nc2c(C(=O)N[C@H]3C[C@H]3F)cnn12. The van der Waals surface area contributed by atoms with E-state index in [9.17, 15) is 18.4 Å². The fraction of sp³-hybridized carbons (Fsp3) is 0.190. The normalized spacial score (nSPS) is 17.1. The fourth-order valence-electron chi connectivity index (χ4n) is 3.37. The molecule has 0 aromatic carbocycles. The minimum atomic E-state index is -1.05. The number of alkyl halides is 1. The molecule has 33 heavy (non-hydrogen) atoms. The summed E-state index contributed by atoms with van der Waals surface area (Å²) in [6.45, 7) is 0. The van der Waals surface area contributed by atoms with E-state index < -0.39 is 29.5 Å². The maximum absolute atomic E-state index is 14.3. The molecule has 4 heterocycles. The number of hydrogen-bond acceptors (Lipinski definition) is 7. The molecule has 1 aliphatic rings. The number of pyridine rings is 2. The van der Waals surface area contributed by atoms with Crippen LogP contribution in [0.2, 0.25) is 0 Å². The molecule has 0 saturated heterocycles. The topological polar surface area (TPSA) is 118 Å². The van der Waals surface area contributed by atoms with Crippen molar-refractivity contribution in [2.75, 3.05) is 17.7 Å². The van der Waals surface area contributed by atoms with Crippen LogP contribution in [0.25, 0.3) is 11.5 Å². The minimum absolute atomic E-state index is 0.0803. The first-order valence-electron chi connectivity index (χ1n) is 10.1. The van der Waals surface area contributed by atoms with Crippen LogP contribution in [0.3, 0.4) is 0 Å². The average molecular weight is 452 g/mol. The van der Waals surface area contributed by atoms with Crippen molar-refractivity contribution in [3.8, 4) is 5.82 Å². The predicted octanol–water partition coefficient (Wildman–Crippen LogP) is 2.04. The van der Waals surface area contributed by atoms with Crippen molar-refractivity contribution in [3.05, 3.63) is 70.7 Å². The Balaban J connectivity index is 1.54. The summed E-state index contributed by atoms with van der Waals surface area (Å²) in [4.78, 5) is 34.0. The van der Waals surface area contributed by atoms with E-state index in [2.05, 4.69) is 31.0 Å². The van der Waals surface area contributed by atoms with Crippen molar-refractivity contribution >= 4 is 28.9 Å². The molecule has 168 valence electrons. The first-order valence-corrected chi connectivity index (χ1v) is 10.1. The van der Waals surface area contributed by atoms with Crippen LogP contribution in [0, 0.1) is 5.82 Å². The molecule has 10 nitrogen and oxygen atoms in total. The Bertz CT molecular complexity index is 1420. The lowest BCUT2D eigenvalue weighted by atomic mass is 10.3. The van der Waals surface area contributed by atoms with Crippen LogP contribution >= 0.6 is 0 Å². The molecule has 0 radical (unpaired) electrons. The highest BCUT2D eigenvalue weighted by atomic mass is 19.1. The van der Waals surface area contributed by atoms with E-state index in [0.717, 1.165) is 16.8 Å². The van der Waals surface area contributed by atoms with Gasteiger partial charge in [0.1, 0.15) is 40.7 Å². The molecule has 4 aromatic heterocycles. The molecule has 2 atom stereocenters. The van der Waals surface area contributed by atoms with E-state index in [1.165, 1.54) is 16.9 Å². The molecular formula is C21H18F2N8O2. The summed E-state index contributed by atoms with van der Waals surface area (Å²) < 4.78 is 30.0. The van der Waals surface area contributed by atoms with Crippen LogP contribution in [0.5, 0.6) is 0 Å². The van der Waals surface area contributed by atoms with E-state index in [1.807, 2.05) is 0 Å². The molecular weight excluding hydrogens is 434 g/mol. The van der Waals surface area contributed by atoms with Gasteiger partial charge < -0.3 is 16.0 Å². The quantitative estimate of drug-likeness (QED) is 0.410. The lowest BCUT2D eigenvalue weighted by molar-refractivity contribution is 0.0949. The predicted molar refractivity (Wildman–Crippen MR) is 116 cm³/mol. The number of rotatable bonds is 6. The largest absolute Gasteiger partial charge is 0.373 e. The number of fused-ring (bicyclic) bond motifs is 1. The fourth-order valence-corrected chi connectivity index (χ4v) is 3.37. The molecule has 1 fully saturated rings. The third-order valence-corrected chi connectivity index (χ3v) is 5.14. The number of hydrogen-bond donors (Lipinski definition) is 3. The van der Waals surface area contributed by atoms with Gasteiger partial charge in [-0.2, -0.15) is 9.61 Å². The highest BCUT2D eigenvalue weighted by Gasteiger charge is 2.39. The second-order valence-corrected chi connectivity index (χ2v) is 7.46. The summed E-state index contributed by atoms with van der Waals surface area (Å²) in [5.41, 5.74) is -0.306. The molecule has 12 heteroatoms. The van der Waals surface area contributed by atoms with Gasteiger partial charge in [-0.25, -0.2) is 18.7 Å². The highest BCUT2D eigenvalue weighted by Crippen LogP contribution is 2.26. The van der Waals surface area contributed by atoms with Gasteiger partial charge in [0, 0.05) is 38.0 Å². The summed E-state index contributed by atoms with van der Waals surface area (Å²) in [6.07, 6.45) is 3.08. The van der Waals surface area contributed by atoms with Gasteiger partial charge in [0.15, 0.2) is 5.65 Å². The van der Waals surface area contributed by atoms with E-state index >= 15 is 0 Å². The summed E-state index contributed by atoms with van der Waals surface area (Å²) in [5, 5.41) is 12.5. The van der Waals surface area contributed by atoms with E-state index in [4.69, 9.17) is 0 Å². The number of aromatic nitrogens is 5. The first-order chi connectivity index (χ1) is 15.9. The maximum atomic E-state index is 14.3. The minimum Gasteiger partial charge on any atom is -0.373 e. The average Bonchev–Trinajstić information content (AvgIpc) is 3.33. The van der Waals surface area contributed by atoms with E-state index in [1.54, 1.807) is 31.3 Å². The van der Waals surface area contributed by atoms with Crippen molar-refractivity contribution in [3.63, 3.8) is 0 Å². The Kier molecular flexibility index (Phi) is 4.96. The van der Waals surface area contributed by atoms with Crippen molar-refractivity contribution in [2.24, 2.45) is 0 Å². The third kappa shape index (κ3) is 3.86. The summed E-state index contributed by atoms with van der Waals surface area (Å²) in [5.74, 6) is -0.285. The van der Waals surface area contributed by atoms with E-state index in [0.29, 0.717) is 5.82 Å². The van der Waals surface area contributed by atoms with Gasteiger partial charge in [-0.1, -0.05) is 6.07 Å². The molecule has 3 N–H and O–H groups in total. The smallest absolute Gasteiger partial charge is 0.280 e. The molecule has 1 amide bonds. The Morgan fingerprint density at radius 2 is 2.09 bits per heavy atom. The molecule has 5 rings (SSSR count). The Morgan fingerprint density at radius 1 is 1.27 bits per heavy atom. The zero-order chi connectivity index (χ0) is 23.1. The number of carbonyl (C=O) groups excluding carboxylic acids is 1. The van der Waals surface area contributed by atoms with Gasteiger partial charge >= 0.3 is 0 Å². The number of halogens is 2. The maximum Gasteiger partial charge on any atom is 0.280 e. The van der Waals surface area contributed by atoms with Crippen molar-refractivity contribution in [2.45, 2.75) is 18.6 Å². The zero-order valence-corrected chi connectivity index (χ0v) is 17.3. The van der Waals surface area contributed by atoms with Crippen LogP contribution < -0.4 is 21.5 Å². The molecule has 0 unspecified atom stereocenters. The summed E-state index contributed by atoms with van der Waals surface area (Å²) in [7, 11) is 1.65. The standard InChI is InChI=1S/C21H18F2N8O2/c1-24-18-8-16(29-19-12(9-26-31(18)19)20(32)28-14-7-13(14)23)27-15-6-11(22)10-30(21(15)33)17-4-2-3-5-25-17/h2-6,8-10,13-14,24H,7H2,1H3,(H,27,29)(H,28,32)/t13-,14+/m1/s1. The molecule has 0 spiro atoms. The third-order valence-electron chi connectivity index (χ3n) is 5.14. The molecule has 1 saturated carbocycles. The number of amides is 1. The van der Waals surface area contributed by atoms with Gasteiger partial charge in [-0.3, -0.25) is 14.2 Å². The summed E-state index contributed by atoms with van der Waals surface area (Å²) >= 11 is 0. The first kappa shape index (κ1) is 20.5. The Labute approximate surface area is 185 Å². The summed E-state index contributed by atoms with van der Waals surface area (Å²) in [6, 6.07) is 7.02. The van der Waals surface area contributed by atoms with Crippen LogP contribution in [0.4, 0.5) is 26.1 Å². The van der Waals surface area contributed by atoms with Gasteiger partial charge in [0.25, 0.3) is 11.5 Å². The molecule has 0 bridgehead atoms. The molecule has 1 aliphatic carbocycles. The van der Waals surface area contributed by atoms with Crippen LogP contribution in [-0.2, 0) is 0 Å². The number of nitrogens with one attached hydrogen (secondary N) is 3. The molecule has 0 aliphatic heterocycles. The van der Waals surface area contributed by atoms with Gasteiger partial charge in [0.05, 0.1) is 12.2 Å². The zero-order valence-electron chi connectivity index (χ0n) is 17.3. The lowest BCUT2D eigenvalue weighted by Gasteiger charge is -2.12. The van der Waals surface area contributed by atoms with Gasteiger partial charge in [-0.05, 0) is 12.1 Å². The molecule has 4 aromatic rings.